The molecule has 1 aliphatic heterocycles. The predicted molar refractivity (Wildman–Crippen MR) is 68.8 cm³/mol. The largest absolute Gasteiger partial charge is 0.318 e. The van der Waals surface area contributed by atoms with E-state index < -0.39 is 0 Å². The number of carbonyl (C=O) groups excluding carboxylic acids is 1. The maximum atomic E-state index is 12.0. The number of nitrogens with zero attached hydrogens (tertiary/aromatic N) is 1. The van der Waals surface area contributed by atoms with Crippen molar-refractivity contribution in [1.29, 1.82) is 0 Å². The lowest BCUT2D eigenvalue weighted by atomic mass is 9.80. The standard InChI is InChI=1S/C13H18N2OS/c1-8-5-10(6-8)15-12(16)7-14-13(15)11-4-3-9(2)17-11/h3-4,8,10,13-14H,5-7H2,1-2H3. The number of nitrogens with one attached hydrogen (secondary N) is 1. The van der Waals surface area contributed by atoms with Crippen LogP contribution in [0.5, 0.6) is 0 Å². The van der Waals surface area contributed by atoms with E-state index in [1.165, 1.54) is 9.75 Å². The lowest BCUT2D eigenvalue weighted by Crippen LogP contribution is -2.46. The lowest BCUT2D eigenvalue weighted by Gasteiger charge is -2.41. The van der Waals surface area contributed by atoms with Crippen molar-refractivity contribution in [3.63, 3.8) is 0 Å². The van der Waals surface area contributed by atoms with E-state index in [4.69, 9.17) is 0 Å². The molecule has 1 aromatic heterocycles. The molecule has 1 saturated heterocycles. The molecular weight excluding hydrogens is 232 g/mol. The van der Waals surface area contributed by atoms with Crippen molar-refractivity contribution in [2.75, 3.05) is 6.54 Å². The van der Waals surface area contributed by atoms with Gasteiger partial charge < -0.3 is 4.90 Å². The van der Waals surface area contributed by atoms with E-state index >= 15 is 0 Å². The summed E-state index contributed by atoms with van der Waals surface area (Å²) in [6.45, 7) is 4.86. The third-order valence-corrected chi connectivity index (χ3v) is 4.84. The minimum Gasteiger partial charge on any atom is -0.318 e. The SMILES string of the molecule is Cc1ccc(C2NCC(=O)N2C2CC(C)C2)s1. The van der Waals surface area contributed by atoms with Crippen LogP contribution in [0.15, 0.2) is 12.1 Å². The van der Waals surface area contributed by atoms with Crippen LogP contribution in [0.4, 0.5) is 0 Å². The first-order valence-electron chi connectivity index (χ1n) is 6.26. The van der Waals surface area contributed by atoms with E-state index in [-0.39, 0.29) is 12.1 Å². The predicted octanol–water partition coefficient (Wildman–Crippen LogP) is 2.29. The third kappa shape index (κ3) is 1.89. The summed E-state index contributed by atoms with van der Waals surface area (Å²) in [5.74, 6) is 1.04. The van der Waals surface area contributed by atoms with Crippen molar-refractivity contribution in [2.45, 2.75) is 38.9 Å². The van der Waals surface area contributed by atoms with Crippen LogP contribution in [0.1, 0.15) is 35.7 Å². The molecule has 92 valence electrons. The van der Waals surface area contributed by atoms with Gasteiger partial charge in [-0.1, -0.05) is 6.92 Å². The number of rotatable bonds is 2. The summed E-state index contributed by atoms with van der Waals surface area (Å²) in [5.41, 5.74) is 0. The van der Waals surface area contributed by atoms with Crippen LogP contribution in [-0.2, 0) is 4.79 Å². The van der Waals surface area contributed by atoms with Gasteiger partial charge in [0.1, 0.15) is 6.17 Å². The normalized spacial score (nSPS) is 32.9. The second kappa shape index (κ2) is 4.10. The highest BCUT2D eigenvalue weighted by Crippen LogP contribution is 2.38. The van der Waals surface area contributed by atoms with Gasteiger partial charge in [-0.15, -0.1) is 11.3 Å². The minimum atomic E-state index is 0.124. The number of thiophene rings is 1. The Bertz CT molecular complexity index is 436. The molecule has 0 bridgehead atoms. The molecule has 1 saturated carbocycles. The fourth-order valence-electron chi connectivity index (χ4n) is 2.86. The Hall–Kier alpha value is -0.870. The molecule has 1 aliphatic carbocycles. The average Bonchev–Trinajstić information content (AvgIpc) is 2.80. The Morgan fingerprint density at radius 3 is 2.76 bits per heavy atom. The Kier molecular flexibility index (Phi) is 2.71. The van der Waals surface area contributed by atoms with Gasteiger partial charge in [0, 0.05) is 15.8 Å². The quantitative estimate of drug-likeness (QED) is 0.873. The van der Waals surface area contributed by atoms with Crippen molar-refractivity contribution in [2.24, 2.45) is 5.92 Å². The van der Waals surface area contributed by atoms with Crippen LogP contribution in [0, 0.1) is 12.8 Å². The molecule has 3 nitrogen and oxygen atoms in total. The fourth-order valence-corrected chi connectivity index (χ4v) is 3.81. The zero-order valence-electron chi connectivity index (χ0n) is 10.3. The fraction of sp³-hybridized carbons (Fsp3) is 0.615. The van der Waals surface area contributed by atoms with E-state index in [0.717, 1.165) is 18.8 Å². The molecule has 1 amide bonds. The van der Waals surface area contributed by atoms with Gasteiger partial charge >= 0.3 is 0 Å². The van der Waals surface area contributed by atoms with Gasteiger partial charge in [0.25, 0.3) is 0 Å². The topological polar surface area (TPSA) is 32.3 Å². The van der Waals surface area contributed by atoms with E-state index in [2.05, 4.69) is 36.2 Å². The first-order valence-corrected chi connectivity index (χ1v) is 7.07. The molecule has 2 aliphatic rings. The second-order valence-corrected chi connectivity index (χ2v) is 6.58. The minimum absolute atomic E-state index is 0.124. The summed E-state index contributed by atoms with van der Waals surface area (Å²) in [4.78, 5) is 16.6. The van der Waals surface area contributed by atoms with Gasteiger partial charge in [0.2, 0.25) is 5.91 Å². The second-order valence-electron chi connectivity index (χ2n) is 5.26. The molecule has 1 N–H and O–H groups in total. The van der Waals surface area contributed by atoms with Crippen molar-refractivity contribution < 1.29 is 4.79 Å². The van der Waals surface area contributed by atoms with Gasteiger partial charge in [-0.3, -0.25) is 10.1 Å². The summed E-state index contributed by atoms with van der Waals surface area (Å²) in [5, 5.41) is 3.34. The number of hydrogen-bond donors (Lipinski definition) is 1. The molecule has 4 heteroatoms. The van der Waals surface area contributed by atoms with Crippen LogP contribution in [0.2, 0.25) is 0 Å². The summed E-state index contributed by atoms with van der Waals surface area (Å²) >= 11 is 1.79. The molecule has 0 aromatic carbocycles. The first-order chi connectivity index (χ1) is 8.15. The summed E-state index contributed by atoms with van der Waals surface area (Å²) < 4.78 is 0. The summed E-state index contributed by atoms with van der Waals surface area (Å²) in [6, 6.07) is 4.73. The Labute approximate surface area is 106 Å². The number of amides is 1. The van der Waals surface area contributed by atoms with E-state index in [1.54, 1.807) is 11.3 Å². The Balaban J connectivity index is 1.81. The molecule has 3 rings (SSSR count). The van der Waals surface area contributed by atoms with Crippen molar-refractivity contribution >= 4 is 17.2 Å². The summed E-state index contributed by atoms with van der Waals surface area (Å²) in [6.07, 6.45) is 2.45. The van der Waals surface area contributed by atoms with Crippen LogP contribution < -0.4 is 5.32 Å². The zero-order chi connectivity index (χ0) is 12.0. The zero-order valence-corrected chi connectivity index (χ0v) is 11.1. The van der Waals surface area contributed by atoms with Crippen molar-refractivity contribution in [3.05, 3.63) is 21.9 Å². The number of aryl methyl sites for hydroxylation is 1. The number of carbonyl (C=O) groups is 1. The maximum absolute atomic E-state index is 12.0. The molecule has 2 fully saturated rings. The van der Waals surface area contributed by atoms with E-state index in [1.807, 2.05) is 0 Å². The Morgan fingerprint density at radius 2 is 2.18 bits per heavy atom. The summed E-state index contributed by atoms with van der Waals surface area (Å²) in [7, 11) is 0. The number of hydrogen-bond acceptors (Lipinski definition) is 3. The molecule has 2 heterocycles. The van der Waals surface area contributed by atoms with Crippen LogP contribution in [0.3, 0.4) is 0 Å². The highest BCUT2D eigenvalue weighted by Gasteiger charge is 2.41. The first kappa shape index (κ1) is 11.2. The van der Waals surface area contributed by atoms with Crippen LogP contribution in [-0.4, -0.2) is 23.4 Å². The van der Waals surface area contributed by atoms with Crippen molar-refractivity contribution in [1.82, 2.24) is 10.2 Å². The molecule has 17 heavy (non-hydrogen) atoms. The highest BCUT2D eigenvalue weighted by atomic mass is 32.1. The van der Waals surface area contributed by atoms with Gasteiger partial charge in [0.15, 0.2) is 0 Å². The molecule has 0 spiro atoms. The van der Waals surface area contributed by atoms with E-state index in [9.17, 15) is 4.79 Å². The van der Waals surface area contributed by atoms with Gasteiger partial charge in [0.05, 0.1) is 6.54 Å². The van der Waals surface area contributed by atoms with Crippen LogP contribution >= 0.6 is 11.3 Å². The molecule has 1 atom stereocenters. The monoisotopic (exact) mass is 250 g/mol. The molecule has 1 aromatic rings. The molecular formula is C13H18N2OS. The van der Waals surface area contributed by atoms with E-state index in [0.29, 0.717) is 12.6 Å². The maximum Gasteiger partial charge on any atom is 0.238 e. The van der Waals surface area contributed by atoms with Crippen LogP contribution in [0.25, 0.3) is 0 Å². The molecule has 0 radical (unpaired) electrons. The molecule has 1 unspecified atom stereocenters. The average molecular weight is 250 g/mol. The highest BCUT2D eigenvalue weighted by molar-refractivity contribution is 7.12. The Morgan fingerprint density at radius 1 is 1.41 bits per heavy atom. The smallest absolute Gasteiger partial charge is 0.238 e. The van der Waals surface area contributed by atoms with Gasteiger partial charge in [-0.25, -0.2) is 0 Å². The lowest BCUT2D eigenvalue weighted by molar-refractivity contribution is -0.133. The van der Waals surface area contributed by atoms with Gasteiger partial charge in [-0.05, 0) is 37.8 Å². The third-order valence-electron chi connectivity index (χ3n) is 3.79. The van der Waals surface area contributed by atoms with Crippen molar-refractivity contribution in [3.8, 4) is 0 Å². The van der Waals surface area contributed by atoms with Gasteiger partial charge in [-0.2, -0.15) is 0 Å².